The predicted octanol–water partition coefficient (Wildman–Crippen LogP) is 0.829. The monoisotopic (exact) mass is 308 g/mol. The molecule has 6 heteroatoms. The zero-order chi connectivity index (χ0) is 15.4. The van der Waals surface area contributed by atoms with E-state index in [1.807, 2.05) is 0 Å². The summed E-state index contributed by atoms with van der Waals surface area (Å²) in [5.74, 6) is 0.837. The van der Waals surface area contributed by atoms with Gasteiger partial charge >= 0.3 is 6.03 Å². The number of likely N-dealkylation sites (tertiary alicyclic amines) is 1. The van der Waals surface area contributed by atoms with Crippen molar-refractivity contribution in [3.63, 3.8) is 0 Å². The van der Waals surface area contributed by atoms with Crippen LogP contribution < -0.4 is 16.0 Å². The Bertz CT molecular complexity index is 401. The van der Waals surface area contributed by atoms with E-state index < -0.39 is 6.04 Å². The lowest BCUT2D eigenvalue weighted by Crippen LogP contribution is -2.51. The average molecular weight is 308 g/mol. The minimum absolute atomic E-state index is 0.0518. The van der Waals surface area contributed by atoms with Crippen molar-refractivity contribution < 1.29 is 9.59 Å². The van der Waals surface area contributed by atoms with Gasteiger partial charge in [-0.3, -0.25) is 4.79 Å². The van der Waals surface area contributed by atoms with E-state index in [0.29, 0.717) is 6.54 Å². The number of hydrogen-bond donors (Lipinski definition) is 3. The van der Waals surface area contributed by atoms with Crippen molar-refractivity contribution in [2.45, 2.75) is 57.0 Å². The van der Waals surface area contributed by atoms with Gasteiger partial charge in [-0.15, -0.1) is 0 Å². The van der Waals surface area contributed by atoms with Gasteiger partial charge < -0.3 is 20.9 Å². The Morgan fingerprint density at radius 2 is 1.86 bits per heavy atom. The van der Waals surface area contributed by atoms with E-state index in [-0.39, 0.29) is 18.0 Å². The van der Waals surface area contributed by atoms with E-state index in [2.05, 4.69) is 20.9 Å². The summed E-state index contributed by atoms with van der Waals surface area (Å²) < 4.78 is 0. The molecule has 3 amide bonds. The second kappa shape index (κ2) is 7.31. The van der Waals surface area contributed by atoms with Crippen molar-refractivity contribution in [3.8, 4) is 0 Å². The number of piperidine rings is 1. The second-order valence-electron chi connectivity index (χ2n) is 6.99. The van der Waals surface area contributed by atoms with Crippen LogP contribution in [-0.2, 0) is 4.79 Å². The van der Waals surface area contributed by atoms with Gasteiger partial charge in [-0.05, 0) is 31.6 Å². The highest BCUT2D eigenvalue weighted by Gasteiger charge is 2.29. The molecule has 6 nitrogen and oxygen atoms in total. The topological polar surface area (TPSA) is 73.5 Å². The number of carbonyl (C=O) groups excluding carboxylic acids is 2. The summed E-state index contributed by atoms with van der Waals surface area (Å²) in [5.41, 5.74) is 0. The normalized spacial score (nSPS) is 28.2. The highest BCUT2D eigenvalue weighted by atomic mass is 16.2. The van der Waals surface area contributed by atoms with Crippen LogP contribution in [0.3, 0.4) is 0 Å². The molecule has 3 rings (SSSR count). The molecule has 1 unspecified atom stereocenters. The maximum absolute atomic E-state index is 12.1. The molecule has 3 fully saturated rings. The number of hydrogen-bond acceptors (Lipinski definition) is 3. The Hall–Kier alpha value is -1.30. The van der Waals surface area contributed by atoms with Crippen molar-refractivity contribution >= 4 is 11.9 Å². The number of urea groups is 1. The van der Waals surface area contributed by atoms with E-state index in [9.17, 15) is 9.59 Å². The third-order valence-corrected chi connectivity index (χ3v) is 5.26. The molecule has 2 aliphatic heterocycles. The highest BCUT2D eigenvalue weighted by molar-refractivity contribution is 5.90. The molecule has 3 aliphatic rings. The molecule has 1 aliphatic carbocycles. The minimum atomic E-state index is -0.409. The molecule has 1 atom stereocenters. The van der Waals surface area contributed by atoms with Crippen LogP contribution in [0.1, 0.15) is 44.9 Å². The molecule has 3 N–H and O–H groups in total. The van der Waals surface area contributed by atoms with Gasteiger partial charge in [0.15, 0.2) is 0 Å². The molecule has 0 spiro atoms. The number of carbonyl (C=O) groups is 2. The highest BCUT2D eigenvalue weighted by Crippen LogP contribution is 2.25. The van der Waals surface area contributed by atoms with Crippen LogP contribution in [0.15, 0.2) is 0 Å². The van der Waals surface area contributed by atoms with Crippen LogP contribution in [0.4, 0.5) is 4.79 Å². The Kier molecular flexibility index (Phi) is 5.18. The van der Waals surface area contributed by atoms with Crippen molar-refractivity contribution in [1.29, 1.82) is 0 Å². The van der Waals surface area contributed by atoms with E-state index >= 15 is 0 Å². The standard InChI is InChI=1S/C16H28N4O2/c21-15(14-10-17-16(22)19-14)18-13-6-8-20(9-7-13)11-12-4-2-1-3-5-12/h12-14H,1-11H2,(H,18,21)(H2,17,19,22). The van der Waals surface area contributed by atoms with Crippen LogP contribution in [0, 0.1) is 5.92 Å². The third-order valence-electron chi connectivity index (χ3n) is 5.26. The zero-order valence-corrected chi connectivity index (χ0v) is 13.3. The van der Waals surface area contributed by atoms with E-state index in [0.717, 1.165) is 31.8 Å². The van der Waals surface area contributed by atoms with Crippen LogP contribution >= 0.6 is 0 Å². The van der Waals surface area contributed by atoms with Gasteiger partial charge in [0.2, 0.25) is 5.91 Å². The Morgan fingerprint density at radius 3 is 2.50 bits per heavy atom. The maximum atomic E-state index is 12.1. The van der Waals surface area contributed by atoms with Crippen LogP contribution in [0.5, 0.6) is 0 Å². The first-order valence-electron chi connectivity index (χ1n) is 8.78. The minimum Gasteiger partial charge on any atom is -0.351 e. The summed E-state index contributed by atoms with van der Waals surface area (Å²) in [4.78, 5) is 25.7. The molecule has 0 bridgehead atoms. The summed E-state index contributed by atoms with van der Waals surface area (Å²) in [7, 11) is 0. The fraction of sp³-hybridized carbons (Fsp3) is 0.875. The molecule has 124 valence electrons. The molecule has 2 saturated heterocycles. The number of rotatable bonds is 4. The molecule has 0 radical (unpaired) electrons. The Labute approximate surface area is 132 Å². The SMILES string of the molecule is O=C1NCC(C(=O)NC2CCN(CC3CCCCC3)CC2)N1. The van der Waals surface area contributed by atoms with Crippen molar-refractivity contribution in [2.75, 3.05) is 26.2 Å². The lowest BCUT2D eigenvalue weighted by molar-refractivity contribution is -0.123. The van der Waals surface area contributed by atoms with Gasteiger partial charge in [0.25, 0.3) is 0 Å². The zero-order valence-electron chi connectivity index (χ0n) is 13.3. The summed E-state index contributed by atoms with van der Waals surface area (Å²) in [6.07, 6.45) is 9.04. The summed E-state index contributed by atoms with van der Waals surface area (Å²) in [5, 5.41) is 8.34. The maximum Gasteiger partial charge on any atom is 0.315 e. The molecule has 1 saturated carbocycles. The molecule has 0 aromatic heterocycles. The number of nitrogens with zero attached hydrogens (tertiary/aromatic N) is 1. The van der Waals surface area contributed by atoms with Crippen molar-refractivity contribution in [3.05, 3.63) is 0 Å². The lowest BCUT2D eigenvalue weighted by Gasteiger charge is -2.35. The van der Waals surface area contributed by atoms with E-state index in [1.165, 1.54) is 38.6 Å². The van der Waals surface area contributed by atoms with Crippen molar-refractivity contribution in [1.82, 2.24) is 20.9 Å². The largest absolute Gasteiger partial charge is 0.351 e. The molecular formula is C16H28N4O2. The van der Waals surface area contributed by atoms with Gasteiger partial charge in [-0.1, -0.05) is 19.3 Å². The second-order valence-corrected chi connectivity index (χ2v) is 6.99. The predicted molar refractivity (Wildman–Crippen MR) is 84.5 cm³/mol. The summed E-state index contributed by atoms with van der Waals surface area (Å²) >= 11 is 0. The van der Waals surface area contributed by atoms with E-state index in [1.54, 1.807) is 0 Å². The molecule has 22 heavy (non-hydrogen) atoms. The number of nitrogens with one attached hydrogen (secondary N) is 3. The quantitative estimate of drug-likeness (QED) is 0.720. The van der Waals surface area contributed by atoms with Crippen LogP contribution in [0.2, 0.25) is 0 Å². The first-order valence-corrected chi connectivity index (χ1v) is 8.78. The van der Waals surface area contributed by atoms with Crippen LogP contribution in [0.25, 0.3) is 0 Å². The Morgan fingerprint density at radius 1 is 1.14 bits per heavy atom. The summed E-state index contributed by atoms with van der Waals surface area (Å²) in [6, 6.07) is -0.400. The molecule has 0 aromatic rings. The number of amides is 3. The average Bonchev–Trinajstić information content (AvgIpc) is 2.97. The van der Waals surface area contributed by atoms with Gasteiger partial charge in [0.1, 0.15) is 6.04 Å². The van der Waals surface area contributed by atoms with Gasteiger partial charge in [-0.25, -0.2) is 4.79 Å². The smallest absolute Gasteiger partial charge is 0.315 e. The van der Waals surface area contributed by atoms with Gasteiger partial charge in [0, 0.05) is 32.2 Å². The molecule has 0 aromatic carbocycles. The fourth-order valence-electron chi connectivity index (χ4n) is 3.91. The Balaban J connectivity index is 1.36. The molecule has 2 heterocycles. The first kappa shape index (κ1) is 15.6. The van der Waals surface area contributed by atoms with Crippen molar-refractivity contribution in [2.24, 2.45) is 5.92 Å². The first-order chi connectivity index (χ1) is 10.7. The lowest BCUT2D eigenvalue weighted by atomic mass is 9.88. The van der Waals surface area contributed by atoms with Gasteiger partial charge in [-0.2, -0.15) is 0 Å². The third kappa shape index (κ3) is 4.12. The molecular weight excluding hydrogens is 280 g/mol. The van der Waals surface area contributed by atoms with Crippen LogP contribution in [-0.4, -0.2) is 55.1 Å². The van der Waals surface area contributed by atoms with E-state index in [4.69, 9.17) is 0 Å². The fourth-order valence-corrected chi connectivity index (χ4v) is 3.91. The summed E-state index contributed by atoms with van der Waals surface area (Å²) in [6.45, 7) is 3.79. The van der Waals surface area contributed by atoms with Gasteiger partial charge in [0.05, 0.1) is 0 Å².